The lowest BCUT2D eigenvalue weighted by atomic mass is 9.60. The zero-order chi connectivity index (χ0) is 20.5. The van der Waals surface area contributed by atoms with Crippen molar-refractivity contribution >= 4 is 35.0 Å². The molecule has 7 nitrogen and oxygen atoms in total. The van der Waals surface area contributed by atoms with E-state index in [1.807, 2.05) is 12.1 Å². The zero-order valence-electron chi connectivity index (χ0n) is 16.3. The molecule has 29 heavy (non-hydrogen) atoms. The molecule has 0 radical (unpaired) electrons. The number of nitrogens with one attached hydrogen (secondary N) is 3. The van der Waals surface area contributed by atoms with E-state index in [9.17, 15) is 9.59 Å². The number of ether oxygens (including phenoxy) is 1. The van der Waals surface area contributed by atoms with Gasteiger partial charge in [-0.3, -0.25) is 9.59 Å². The van der Waals surface area contributed by atoms with E-state index < -0.39 is 0 Å². The van der Waals surface area contributed by atoms with Crippen molar-refractivity contribution < 1.29 is 14.3 Å². The van der Waals surface area contributed by atoms with Gasteiger partial charge in [0.1, 0.15) is 11.8 Å². The molecule has 1 aromatic carbocycles. The highest BCUT2D eigenvalue weighted by molar-refractivity contribution is 6.42. The van der Waals surface area contributed by atoms with Crippen molar-refractivity contribution in [3.63, 3.8) is 0 Å². The summed E-state index contributed by atoms with van der Waals surface area (Å²) in [5, 5.41) is 9.06. The lowest BCUT2D eigenvalue weighted by molar-refractivity contribution is -0.127. The Labute approximate surface area is 180 Å². The maximum absolute atomic E-state index is 12.5. The number of amides is 2. The first-order valence-corrected chi connectivity index (χ1v) is 10.8. The van der Waals surface area contributed by atoms with Gasteiger partial charge in [-0.25, -0.2) is 10.4 Å². The van der Waals surface area contributed by atoms with Gasteiger partial charge in [0.15, 0.2) is 6.61 Å². The van der Waals surface area contributed by atoms with Crippen molar-refractivity contribution in [1.29, 1.82) is 0 Å². The van der Waals surface area contributed by atoms with Crippen molar-refractivity contribution in [2.75, 3.05) is 20.2 Å². The summed E-state index contributed by atoms with van der Waals surface area (Å²) in [6.45, 7) is 0.783. The maximum Gasteiger partial charge on any atom is 0.258 e. The number of halogens is 2. The predicted octanol–water partition coefficient (Wildman–Crippen LogP) is 1.98. The smallest absolute Gasteiger partial charge is 0.258 e. The molecule has 1 saturated heterocycles. The minimum Gasteiger partial charge on any atom is -0.484 e. The van der Waals surface area contributed by atoms with E-state index in [4.69, 9.17) is 27.9 Å². The maximum atomic E-state index is 12.5. The number of fused-ring (bicyclic) bond motifs is 2. The monoisotopic (exact) mass is 440 g/mol. The summed E-state index contributed by atoms with van der Waals surface area (Å²) in [5.74, 6) is 1.39. The summed E-state index contributed by atoms with van der Waals surface area (Å²) in [4.78, 5) is 24.9. The normalized spacial score (nSPS) is 31.1. The largest absolute Gasteiger partial charge is 0.484 e. The second kappa shape index (κ2) is 8.68. The van der Waals surface area contributed by atoms with Crippen LogP contribution in [0.1, 0.15) is 25.7 Å². The lowest BCUT2D eigenvalue weighted by Gasteiger charge is -2.51. The predicted molar refractivity (Wildman–Crippen MR) is 111 cm³/mol. The zero-order valence-corrected chi connectivity index (χ0v) is 17.8. The number of rotatable bonds is 6. The van der Waals surface area contributed by atoms with Crippen LogP contribution in [0.3, 0.4) is 0 Å². The number of hydrogen-bond donors (Lipinski definition) is 3. The number of nitrogens with zero attached hydrogens (tertiary/aromatic N) is 1. The molecule has 3 saturated carbocycles. The molecule has 1 heterocycles. The summed E-state index contributed by atoms with van der Waals surface area (Å²) in [6, 6.07) is 4.92. The quantitative estimate of drug-likeness (QED) is 0.629. The number of carbonyl (C=O) groups is 2. The van der Waals surface area contributed by atoms with Gasteiger partial charge in [0.2, 0.25) is 5.91 Å². The Morgan fingerprint density at radius 2 is 1.86 bits per heavy atom. The third-order valence-corrected chi connectivity index (χ3v) is 6.98. The van der Waals surface area contributed by atoms with Crippen LogP contribution < -0.4 is 20.8 Å². The molecule has 3 N–H and O–H groups in total. The van der Waals surface area contributed by atoms with Crippen LogP contribution in [0.25, 0.3) is 0 Å². The van der Waals surface area contributed by atoms with Gasteiger partial charge in [-0.15, -0.1) is 0 Å². The average Bonchev–Trinajstić information content (AvgIpc) is 3.08. The Hall–Kier alpha value is -1.54. The van der Waals surface area contributed by atoms with Crippen LogP contribution in [0.5, 0.6) is 5.75 Å². The molecule has 5 rings (SSSR count). The molecule has 1 aliphatic heterocycles. The van der Waals surface area contributed by atoms with E-state index in [0.717, 1.165) is 32.2 Å². The van der Waals surface area contributed by atoms with Gasteiger partial charge >= 0.3 is 0 Å². The fourth-order valence-corrected chi connectivity index (χ4v) is 4.82. The molecule has 1 unspecified atom stereocenters. The molecule has 2 amide bonds. The molecular formula is C20H26Cl2N4O3. The fourth-order valence-electron chi connectivity index (χ4n) is 4.53. The summed E-state index contributed by atoms with van der Waals surface area (Å²) in [6.07, 6.45) is 3.67. The van der Waals surface area contributed by atoms with Gasteiger partial charge in [0.25, 0.3) is 5.91 Å². The Balaban J connectivity index is 1.26. The number of carbonyl (C=O) groups excluding carboxylic acids is 2. The summed E-state index contributed by atoms with van der Waals surface area (Å²) in [5.41, 5.74) is 3.17. The second-order valence-electron chi connectivity index (χ2n) is 8.27. The Morgan fingerprint density at radius 3 is 2.52 bits per heavy atom. The fraction of sp³-hybridized carbons (Fsp3) is 0.600. The minimum absolute atomic E-state index is 0.0535. The first-order valence-electron chi connectivity index (χ1n) is 10.0. The molecular weight excluding hydrogens is 415 g/mol. The van der Waals surface area contributed by atoms with E-state index >= 15 is 0 Å². The second-order valence-corrected chi connectivity index (χ2v) is 9.09. The molecule has 3 atom stereocenters. The Kier molecular flexibility index (Phi) is 6.20. The Bertz CT molecular complexity index is 787. The van der Waals surface area contributed by atoms with Crippen LogP contribution in [0, 0.1) is 11.8 Å². The van der Waals surface area contributed by atoms with Gasteiger partial charge in [0.05, 0.1) is 10.0 Å². The standard InChI is InChI=1S/C20H26Cl2N4O3/c1-26-5-4-16(25-26)20(28)24-18-9-17(11-6-12(18)7-11)23-19(27)10-29-13-2-3-14(21)15(22)8-13/h2-3,8,11-12,16-18,25H,4-7,9-10H2,1H3,(H,23,27)(H,24,28)/t11?,12?,16?,17-,18+/m0/s1. The van der Waals surface area contributed by atoms with Gasteiger partial charge in [0, 0.05) is 31.7 Å². The first-order chi connectivity index (χ1) is 13.9. The summed E-state index contributed by atoms with van der Waals surface area (Å²) in [7, 11) is 1.94. The SMILES string of the molecule is CN1CCC(C(=O)N[C@@H]2C[C@H](NC(=O)COc3ccc(Cl)c(Cl)c3)C3CC2C3)N1. The van der Waals surface area contributed by atoms with E-state index in [2.05, 4.69) is 16.1 Å². The molecule has 0 aromatic heterocycles. The van der Waals surface area contributed by atoms with Crippen LogP contribution in [0.2, 0.25) is 10.0 Å². The van der Waals surface area contributed by atoms with Crippen molar-refractivity contribution in [3.8, 4) is 5.75 Å². The van der Waals surface area contributed by atoms with Crippen LogP contribution in [-0.4, -0.2) is 55.1 Å². The summed E-state index contributed by atoms with van der Waals surface area (Å²) >= 11 is 11.9. The highest BCUT2D eigenvalue weighted by Crippen LogP contribution is 2.45. The van der Waals surface area contributed by atoms with Crippen LogP contribution in [0.4, 0.5) is 0 Å². The Morgan fingerprint density at radius 1 is 1.14 bits per heavy atom. The highest BCUT2D eigenvalue weighted by Gasteiger charge is 2.47. The minimum atomic E-state index is -0.171. The van der Waals surface area contributed by atoms with E-state index in [0.29, 0.717) is 27.6 Å². The van der Waals surface area contributed by atoms with E-state index in [1.165, 1.54) is 0 Å². The molecule has 4 fully saturated rings. The van der Waals surface area contributed by atoms with Crippen molar-refractivity contribution in [2.24, 2.45) is 11.8 Å². The van der Waals surface area contributed by atoms with Crippen molar-refractivity contribution in [1.82, 2.24) is 21.1 Å². The number of benzene rings is 1. The third-order valence-electron chi connectivity index (χ3n) is 6.24. The molecule has 158 valence electrons. The van der Waals surface area contributed by atoms with Crippen molar-refractivity contribution in [3.05, 3.63) is 28.2 Å². The van der Waals surface area contributed by atoms with Crippen molar-refractivity contribution in [2.45, 2.75) is 43.8 Å². The van der Waals surface area contributed by atoms with Crippen LogP contribution in [0.15, 0.2) is 18.2 Å². The average molecular weight is 441 g/mol. The molecule has 2 bridgehead atoms. The molecule has 0 spiro atoms. The molecule has 4 aliphatic rings. The highest BCUT2D eigenvalue weighted by atomic mass is 35.5. The van der Waals surface area contributed by atoms with Gasteiger partial charge in [-0.2, -0.15) is 0 Å². The third kappa shape index (κ3) is 4.79. The van der Waals surface area contributed by atoms with Crippen LogP contribution in [-0.2, 0) is 9.59 Å². The number of hydrogen-bond acceptors (Lipinski definition) is 5. The molecule has 1 aromatic rings. The lowest BCUT2D eigenvalue weighted by Crippen LogP contribution is -2.61. The van der Waals surface area contributed by atoms with Crippen LogP contribution >= 0.6 is 23.2 Å². The van der Waals surface area contributed by atoms with E-state index in [1.54, 1.807) is 18.2 Å². The van der Waals surface area contributed by atoms with Gasteiger partial charge in [-0.05, 0) is 49.7 Å². The summed E-state index contributed by atoms with van der Waals surface area (Å²) < 4.78 is 5.52. The topological polar surface area (TPSA) is 82.7 Å². The first kappa shape index (κ1) is 20.7. The molecule has 3 aliphatic carbocycles. The van der Waals surface area contributed by atoms with Gasteiger partial charge in [-0.1, -0.05) is 23.2 Å². The molecule has 9 heteroatoms. The van der Waals surface area contributed by atoms with Gasteiger partial charge < -0.3 is 15.4 Å². The number of hydrazine groups is 1. The van der Waals surface area contributed by atoms with E-state index in [-0.39, 0.29) is 36.5 Å².